The molecule has 1 saturated heterocycles. The highest BCUT2D eigenvalue weighted by atomic mass is 19.1. The summed E-state index contributed by atoms with van der Waals surface area (Å²) in [5, 5.41) is 0.791. The van der Waals surface area contributed by atoms with E-state index < -0.39 is 5.82 Å². The highest BCUT2D eigenvalue weighted by Gasteiger charge is 2.22. The molecule has 29 heavy (non-hydrogen) atoms. The van der Waals surface area contributed by atoms with Crippen LogP contribution in [0.25, 0.3) is 10.9 Å². The van der Waals surface area contributed by atoms with Gasteiger partial charge >= 0.3 is 0 Å². The first-order valence-electron chi connectivity index (χ1n) is 9.80. The van der Waals surface area contributed by atoms with E-state index in [2.05, 4.69) is 38.6 Å². The first-order valence-corrected chi connectivity index (χ1v) is 9.80. The minimum absolute atomic E-state index is 0.199. The molecule has 7 nitrogen and oxygen atoms in total. The minimum atomic E-state index is -0.422. The summed E-state index contributed by atoms with van der Waals surface area (Å²) in [5.74, 6) is 2.71. The maximum atomic E-state index is 14.0. The Morgan fingerprint density at radius 1 is 1.00 bits per heavy atom. The van der Waals surface area contributed by atoms with Crippen LogP contribution < -0.4 is 14.5 Å². The number of halogens is 1. The van der Waals surface area contributed by atoms with Gasteiger partial charge in [-0.2, -0.15) is 0 Å². The van der Waals surface area contributed by atoms with E-state index in [-0.39, 0.29) is 11.7 Å². The van der Waals surface area contributed by atoms with Crippen LogP contribution in [-0.4, -0.2) is 53.2 Å². The van der Waals surface area contributed by atoms with Crippen molar-refractivity contribution in [1.29, 1.82) is 0 Å². The first kappa shape index (κ1) is 19.3. The fraction of sp³-hybridized carbons (Fsp3) is 0.429. The van der Waals surface area contributed by atoms with E-state index >= 15 is 0 Å². The number of fused-ring (bicyclic) bond motifs is 1. The highest BCUT2D eigenvalue weighted by molar-refractivity contribution is 5.90. The van der Waals surface area contributed by atoms with Crippen molar-refractivity contribution in [1.82, 2.24) is 19.9 Å². The number of aromatic nitrogens is 4. The molecule has 1 fully saturated rings. The van der Waals surface area contributed by atoms with Crippen LogP contribution in [0, 0.1) is 12.7 Å². The lowest BCUT2D eigenvalue weighted by molar-refractivity contribution is 0.387. The lowest BCUT2D eigenvalue weighted by atomic mass is 10.2. The van der Waals surface area contributed by atoms with Gasteiger partial charge in [0, 0.05) is 55.3 Å². The van der Waals surface area contributed by atoms with Gasteiger partial charge in [-0.25, -0.2) is 24.3 Å². The van der Waals surface area contributed by atoms with Crippen molar-refractivity contribution < 1.29 is 9.13 Å². The van der Waals surface area contributed by atoms with Gasteiger partial charge in [-0.1, -0.05) is 13.8 Å². The average Bonchev–Trinajstić information content (AvgIpc) is 2.72. The molecule has 0 N–H and O–H groups in total. The number of ether oxygens (including phenoxy) is 1. The quantitative estimate of drug-likeness (QED) is 0.670. The lowest BCUT2D eigenvalue weighted by Gasteiger charge is -2.36. The van der Waals surface area contributed by atoms with Gasteiger partial charge in [0.1, 0.15) is 23.8 Å². The Labute approximate surface area is 169 Å². The van der Waals surface area contributed by atoms with E-state index in [0.717, 1.165) is 54.7 Å². The minimum Gasteiger partial charge on any atom is -0.494 e. The average molecular weight is 396 g/mol. The topological polar surface area (TPSA) is 67.3 Å². The van der Waals surface area contributed by atoms with Crippen LogP contribution in [0.15, 0.2) is 24.5 Å². The maximum absolute atomic E-state index is 14.0. The molecule has 4 rings (SSSR count). The van der Waals surface area contributed by atoms with Crippen LogP contribution in [-0.2, 0) is 0 Å². The summed E-state index contributed by atoms with van der Waals surface area (Å²) in [7, 11) is 1.46. The Balaban J connectivity index is 1.58. The zero-order chi connectivity index (χ0) is 20.5. The molecule has 1 aromatic carbocycles. The molecule has 2 aromatic heterocycles. The molecule has 0 aliphatic carbocycles. The molecule has 0 amide bonds. The van der Waals surface area contributed by atoms with Gasteiger partial charge in [0.05, 0.1) is 12.6 Å². The molecule has 1 aliphatic rings. The number of anilines is 2. The molecule has 3 aromatic rings. The number of nitrogens with zero attached hydrogens (tertiary/aromatic N) is 6. The second-order valence-corrected chi connectivity index (χ2v) is 7.56. The third-order valence-electron chi connectivity index (χ3n) is 5.17. The summed E-state index contributed by atoms with van der Waals surface area (Å²) in [6, 6.07) is 5.11. The van der Waals surface area contributed by atoms with Crippen LogP contribution in [0.5, 0.6) is 5.75 Å². The van der Waals surface area contributed by atoms with Gasteiger partial charge in [0.2, 0.25) is 0 Å². The summed E-state index contributed by atoms with van der Waals surface area (Å²) in [6.45, 7) is 9.42. The maximum Gasteiger partial charge on any atom is 0.167 e. The molecule has 0 unspecified atom stereocenters. The number of methoxy groups -OCH3 is 1. The summed E-state index contributed by atoms with van der Waals surface area (Å²) in [6.07, 6.45) is 1.48. The number of rotatable bonds is 4. The highest BCUT2D eigenvalue weighted by Crippen LogP contribution is 2.30. The van der Waals surface area contributed by atoms with E-state index in [4.69, 9.17) is 9.72 Å². The van der Waals surface area contributed by atoms with E-state index in [1.54, 1.807) is 6.07 Å². The molecule has 0 bridgehead atoms. The van der Waals surface area contributed by atoms with Crippen molar-refractivity contribution in [3.63, 3.8) is 0 Å². The summed E-state index contributed by atoms with van der Waals surface area (Å²) in [5.41, 5.74) is 1.56. The van der Waals surface area contributed by atoms with Gasteiger partial charge in [0.15, 0.2) is 11.6 Å². The summed E-state index contributed by atoms with van der Waals surface area (Å²) >= 11 is 0. The number of hydrogen-bond acceptors (Lipinski definition) is 7. The van der Waals surface area contributed by atoms with Gasteiger partial charge in [-0.05, 0) is 13.0 Å². The number of benzene rings is 1. The Hall–Kier alpha value is -3.03. The zero-order valence-electron chi connectivity index (χ0n) is 17.2. The molecule has 8 heteroatoms. The van der Waals surface area contributed by atoms with Crippen molar-refractivity contribution in [2.75, 3.05) is 43.1 Å². The standard InChI is InChI=1S/C21H25FN6O/c1-13(2)20-25-14(3)9-19(26-20)27-5-7-28(8-6-27)21-15-10-18(29-4)16(22)11-17(15)23-12-24-21/h9-13H,5-8H2,1-4H3. The van der Waals surface area contributed by atoms with Gasteiger partial charge in [-0.15, -0.1) is 0 Å². The zero-order valence-corrected chi connectivity index (χ0v) is 17.2. The second kappa shape index (κ2) is 7.77. The molecular formula is C21H25FN6O. The third kappa shape index (κ3) is 3.79. The number of aryl methyl sites for hydroxylation is 1. The van der Waals surface area contributed by atoms with Crippen LogP contribution in [0.1, 0.15) is 31.3 Å². The van der Waals surface area contributed by atoms with Crippen LogP contribution in [0.4, 0.5) is 16.0 Å². The Bertz CT molecular complexity index is 1030. The molecule has 0 saturated carbocycles. The molecule has 0 spiro atoms. The molecule has 152 valence electrons. The SMILES string of the molecule is COc1cc2c(N3CCN(c4cc(C)nc(C(C)C)n4)CC3)ncnc2cc1F. The number of hydrogen-bond donors (Lipinski definition) is 0. The fourth-order valence-electron chi connectivity index (χ4n) is 3.59. The molecule has 0 atom stereocenters. The van der Waals surface area contributed by atoms with Crippen LogP contribution >= 0.6 is 0 Å². The second-order valence-electron chi connectivity index (χ2n) is 7.56. The predicted octanol–water partition coefficient (Wildman–Crippen LogP) is 3.33. The normalized spacial score (nSPS) is 14.7. The van der Waals surface area contributed by atoms with E-state index in [1.165, 1.54) is 19.5 Å². The van der Waals surface area contributed by atoms with Gasteiger partial charge < -0.3 is 14.5 Å². The Kier molecular flexibility index (Phi) is 5.17. The fourth-order valence-corrected chi connectivity index (χ4v) is 3.59. The molecule has 3 heterocycles. The largest absolute Gasteiger partial charge is 0.494 e. The Morgan fingerprint density at radius 3 is 2.41 bits per heavy atom. The molecule has 0 radical (unpaired) electrons. The first-order chi connectivity index (χ1) is 14.0. The van der Waals surface area contributed by atoms with Crippen molar-refractivity contribution in [2.45, 2.75) is 26.7 Å². The third-order valence-corrected chi connectivity index (χ3v) is 5.17. The van der Waals surface area contributed by atoms with Crippen molar-refractivity contribution in [2.24, 2.45) is 0 Å². The smallest absolute Gasteiger partial charge is 0.167 e. The lowest BCUT2D eigenvalue weighted by Crippen LogP contribution is -2.47. The number of piperazine rings is 1. The monoisotopic (exact) mass is 396 g/mol. The van der Waals surface area contributed by atoms with E-state index in [0.29, 0.717) is 5.52 Å². The van der Waals surface area contributed by atoms with Crippen LogP contribution in [0.2, 0.25) is 0 Å². The summed E-state index contributed by atoms with van der Waals surface area (Å²) < 4.78 is 19.2. The Morgan fingerprint density at radius 2 is 1.72 bits per heavy atom. The summed E-state index contributed by atoms with van der Waals surface area (Å²) in [4.78, 5) is 22.5. The van der Waals surface area contributed by atoms with Crippen molar-refractivity contribution >= 4 is 22.5 Å². The van der Waals surface area contributed by atoms with Crippen molar-refractivity contribution in [3.8, 4) is 5.75 Å². The van der Waals surface area contributed by atoms with Gasteiger partial charge in [0.25, 0.3) is 0 Å². The van der Waals surface area contributed by atoms with E-state index in [9.17, 15) is 4.39 Å². The van der Waals surface area contributed by atoms with E-state index in [1.807, 2.05) is 13.0 Å². The molecular weight excluding hydrogens is 371 g/mol. The van der Waals surface area contributed by atoms with Crippen LogP contribution in [0.3, 0.4) is 0 Å². The van der Waals surface area contributed by atoms with Crippen molar-refractivity contribution in [3.05, 3.63) is 41.9 Å². The predicted molar refractivity (Wildman–Crippen MR) is 111 cm³/mol. The van der Waals surface area contributed by atoms with Gasteiger partial charge in [-0.3, -0.25) is 0 Å². The molecule has 1 aliphatic heterocycles.